The molecule has 0 unspecified atom stereocenters. The standard InChI is InChI=1S/C23H20N4O2/c1-26(2)22-13-7-19(8-14-22)4-3-18-5-11-21(12-6-18)25-24-17-20-9-15-23(16-10-20)27(28)29/h5-17,25H,1-2H3/b24-17+. The van der Waals surface area contributed by atoms with E-state index in [2.05, 4.69) is 22.4 Å². The van der Waals surface area contributed by atoms with Gasteiger partial charge in [0.1, 0.15) is 0 Å². The van der Waals surface area contributed by atoms with E-state index in [4.69, 9.17) is 0 Å². The summed E-state index contributed by atoms with van der Waals surface area (Å²) in [4.78, 5) is 12.3. The maximum Gasteiger partial charge on any atom is 0.269 e. The van der Waals surface area contributed by atoms with Crippen LogP contribution in [-0.2, 0) is 0 Å². The number of rotatable bonds is 5. The first-order valence-corrected chi connectivity index (χ1v) is 8.94. The molecule has 0 atom stereocenters. The second-order valence-electron chi connectivity index (χ2n) is 6.49. The zero-order valence-corrected chi connectivity index (χ0v) is 16.2. The van der Waals surface area contributed by atoms with Gasteiger partial charge in [-0.2, -0.15) is 5.10 Å². The largest absolute Gasteiger partial charge is 0.378 e. The number of hydrazone groups is 1. The van der Waals surface area contributed by atoms with Crippen LogP contribution in [0.3, 0.4) is 0 Å². The van der Waals surface area contributed by atoms with Gasteiger partial charge in [0.2, 0.25) is 0 Å². The first-order chi connectivity index (χ1) is 14.0. The average Bonchev–Trinajstić information content (AvgIpc) is 2.74. The monoisotopic (exact) mass is 384 g/mol. The number of hydrogen-bond donors (Lipinski definition) is 1. The second kappa shape index (κ2) is 9.20. The smallest absolute Gasteiger partial charge is 0.269 e. The van der Waals surface area contributed by atoms with E-state index in [-0.39, 0.29) is 5.69 Å². The molecule has 0 aliphatic heterocycles. The Labute approximate surface area is 169 Å². The van der Waals surface area contributed by atoms with Crippen LogP contribution in [0.25, 0.3) is 0 Å². The number of benzene rings is 3. The predicted molar refractivity (Wildman–Crippen MR) is 118 cm³/mol. The van der Waals surface area contributed by atoms with Gasteiger partial charge in [-0.25, -0.2) is 0 Å². The Morgan fingerprint density at radius 2 is 1.45 bits per heavy atom. The first kappa shape index (κ1) is 19.6. The minimum atomic E-state index is -0.428. The van der Waals surface area contributed by atoms with Gasteiger partial charge < -0.3 is 4.90 Å². The highest BCUT2D eigenvalue weighted by molar-refractivity contribution is 5.80. The third kappa shape index (κ3) is 5.68. The van der Waals surface area contributed by atoms with Crippen LogP contribution in [-0.4, -0.2) is 25.2 Å². The van der Waals surface area contributed by atoms with Gasteiger partial charge in [-0.3, -0.25) is 15.5 Å². The van der Waals surface area contributed by atoms with E-state index in [1.54, 1.807) is 18.3 Å². The number of nitrogens with zero attached hydrogens (tertiary/aromatic N) is 3. The van der Waals surface area contributed by atoms with Crippen molar-refractivity contribution in [2.24, 2.45) is 5.10 Å². The summed E-state index contributed by atoms with van der Waals surface area (Å²) in [5.74, 6) is 6.31. The molecule has 0 saturated heterocycles. The summed E-state index contributed by atoms with van der Waals surface area (Å²) in [6.07, 6.45) is 1.61. The lowest BCUT2D eigenvalue weighted by Gasteiger charge is -2.11. The van der Waals surface area contributed by atoms with Gasteiger partial charge in [0.25, 0.3) is 5.69 Å². The third-order valence-electron chi connectivity index (χ3n) is 4.13. The summed E-state index contributed by atoms with van der Waals surface area (Å²) in [6.45, 7) is 0. The van der Waals surface area contributed by atoms with E-state index < -0.39 is 4.92 Å². The van der Waals surface area contributed by atoms with Crippen LogP contribution in [0.15, 0.2) is 77.9 Å². The summed E-state index contributed by atoms with van der Waals surface area (Å²) in [5, 5.41) is 14.8. The van der Waals surface area contributed by atoms with Gasteiger partial charge in [0.15, 0.2) is 0 Å². The maximum absolute atomic E-state index is 10.7. The Bertz CT molecular complexity index is 1060. The third-order valence-corrected chi connectivity index (χ3v) is 4.13. The van der Waals surface area contributed by atoms with Crippen molar-refractivity contribution in [2.45, 2.75) is 0 Å². The number of anilines is 2. The van der Waals surface area contributed by atoms with Gasteiger partial charge in [0, 0.05) is 43.0 Å². The molecule has 0 spiro atoms. The van der Waals surface area contributed by atoms with Gasteiger partial charge in [-0.15, -0.1) is 0 Å². The lowest BCUT2D eigenvalue weighted by atomic mass is 10.1. The van der Waals surface area contributed by atoms with Crippen LogP contribution in [0.5, 0.6) is 0 Å². The molecule has 3 aromatic carbocycles. The van der Waals surface area contributed by atoms with E-state index >= 15 is 0 Å². The van der Waals surface area contributed by atoms with Crippen molar-refractivity contribution in [1.29, 1.82) is 0 Å². The fraction of sp³-hybridized carbons (Fsp3) is 0.0870. The van der Waals surface area contributed by atoms with Gasteiger partial charge in [-0.1, -0.05) is 11.8 Å². The summed E-state index contributed by atoms with van der Waals surface area (Å²) < 4.78 is 0. The van der Waals surface area contributed by atoms with E-state index in [1.165, 1.54) is 12.1 Å². The van der Waals surface area contributed by atoms with Crippen LogP contribution in [0, 0.1) is 22.0 Å². The van der Waals surface area contributed by atoms with Crippen molar-refractivity contribution >= 4 is 23.3 Å². The molecule has 0 saturated carbocycles. The number of nitro groups is 1. The molecule has 0 radical (unpaired) electrons. The summed E-state index contributed by atoms with van der Waals surface area (Å²) in [7, 11) is 4.01. The fourth-order valence-corrected chi connectivity index (χ4v) is 2.48. The highest BCUT2D eigenvalue weighted by atomic mass is 16.6. The van der Waals surface area contributed by atoms with Crippen molar-refractivity contribution in [3.8, 4) is 11.8 Å². The Kier molecular flexibility index (Phi) is 6.23. The molecule has 29 heavy (non-hydrogen) atoms. The zero-order chi connectivity index (χ0) is 20.6. The summed E-state index contributed by atoms with van der Waals surface area (Å²) in [5.41, 5.74) is 7.59. The zero-order valence-electron chi connectivity index (χ0n) is 16.2. The average molecular weight is 384 g/mol. The number of nitro benzene ring substituents is 1. The predicted octanol–water partition coefficient (Wildman–Crippen LogP) is 4.51. The van der Waals surface area contributed by atoms with E-state index in [9.17, 15) is 10.1 Å². The van der Waals surface area contributed by atoms with Crippen LogP contribution in [0.2, 0.25) is 0 Å². The minimum Gasteiger partial charge on any atom is -0.378 e. The van der Waals surface area contributed by atoms with E-state index in [1.807, 2.05) is 67.5 Å². The summed E-state index contributed by atoms with van der Waals surface area (Å²) in [6, 6.07) is 21.9. The Morgan fingerprint density at radius 3 is 1.97 bits per heavy atom. The second-order valence-corrected chi connectivity index (χ2v) is 6.49. The van der Waals surface area contributed by atoms with Crippen LogP contribution in [0.1, 0.15) is 16.7 Å². The lowest BCUT2D eigenvalue weighted by molar-refractivity contribution is -0.384. The molecule has 144 valence electrons. The molecule has 0 heterocycles. The molecule has 6 nitrogen and oxygen atoms in total. The Morgan fingerprint density at radius 1 is 0.897 bits per heavy atom. The van der Waals surface area contributed by atoms with Gasteiger partial charge >= 0.3 is 0 Å². The van der Waals surface area contributed by atoms with E-state index in [0.717, 1.165) is 28.1 Å². The molecule has 0 fully saturated rings. The molecular weight excluding hydrogens is 364 g/mol. The molecule has 3 rings (SSSR count). The van der Waals surface area contributed by atoms with Crippen molar-refractivity contribution in [1.82, 2.24) is 0 Å². The molecule has 0 amide bonds. The van der Waals surface area contributed by atoms with Crippen LogP contribution < -0.4 is 10.3 Å². The fourth-order valence-electron chi connectivity index (χ4n) is 2.48. The summed E-state index contributed by atoms with van der Waals surface area (Å²) >= 11 is 0. The SMILES string of the molecule is CN(C)c1ccc(C#Cc2ccc(N/N=C/c3ccc([N+](=O)[O-])cc3)cc2)cc1. The van der Waals surface area contributed by atoms with Crippen molar-refractivity contribution in [3.05, 3.63) is 99.6 Å². The molecule has 6 heteroatoms. The van der Waals surface area contributed by atoms with Crippen molar-refractivity contribution in [3.63, 3.8) is 0 Å². The van der Waals surface area contributed by atoms with Crippen LogP contribution in [0.4, 0.5) is 17.1 Å². The lowest BCUT2D eigenvalue weighted by Crippen LogP contribution is -2.07. The molecular formula is C23H20N4O2. The van der Waals surface area contributed by atoms with E-state index in [0.29, 0.717) is 0 Å². The Hall–Kier alpha value is -4.11. The molecule has 0 aliphatic rings. The number of non-ortho nitro benzene ring substituents is 1. The highest BCUT2D eigenvalue weighted by Crippen LogP contribution is 2.13. The molecule has 0 aromatic heterocycles. The highest BCUT2D eigenvalue weighted by Gasteiger charge is 2.02. The maximum atomic E-state index is 10.7. The van der Waals surface area contributed by atoms with Gasteiger partial charge in [-0.05, 0) is 66.2 Å². The minimum absolute atomic E-state index is 0.0560. The molecule has 1 N–H and O–H groups in total. The Balaban J connectivity index is 1.58. The van der Waals surface area contributed by atoms with Crippen LogP contribution >= 0.6 is 0 Å². The normalized spacial score (nSPS) is 10.3. The topological polar surface area (TPSA) is 70.8 Å². The molecule has 0 aliphatic carbocycles. The van der Waals surface area contributed by atoms with Crippen molar-refractivity contribution < 1.29 is 4.92 Å². The van der Waals surface area contributed by atoms with Crippen molar-refractivity contribution in [2.75, 3.05) is 24.4 Å². The molecule has 0 bridgehead atoms. The number of nitrogens with one attached hydrogen (secondary N) is 1. The first-order valence-electron chi connectivity index (χ1n) is 8.94. The molecule has 3 aromatic rings. The van der Waals surface area contributed by atoms with Gasteiger partial charge in [0.05, 0.1) is 16.8 Å². The number of hydrogen-bond acceptors (Lipinski definition) is 5. The quantitative estimate of drug-likeness (QED) is 0.304.